The van der Waals surface area contributed by atoms with Gasteiger partial charge < -0.3 is 4.90 Å². The molecule has 0 N–H and O–H groups in total. The van der Waals surface area contributed by atoms with E-state index in [0.29, 0.717) is 0 Å². The minimum Gasteiger partial charge on any atom is -0.377 e. The molecule has 0 atom stereocenters. The maximum Gasteiger partial charge on any atom is 0.0738 e. The Morgan fingerprint density at radius 1 is 1.31 bits per heavy atom. The zero-order valence-electron chi connectivity index (χ0n) is 9.83. The molecule has 2 heterocycles. The Kier molecular flexibility index (Phi) is 2.10. The third-order valence-electron chi connectivity index (χ3n) is 3.53. The van der Waals surface area contributed by atoms with E-state index in [9.17, 15) is 0 Å². The van der Waals surface area contributed by atoms with Crippen molar-refractivity contribution >= 4 is 17.5 Å². The number of aryl methyl sites for hydroxylation is 1. The van der Waals surface area contributed by atoms with Crippen LogP contribution < -0.4 is 0 Å². The van der Waals surface area contributed by atoms with Crippen LogP contribution in [0.4, 0.5) is 5.69 Å². The van der Waals surface area contributed by atoms with Crippen molar-refractivity contribution in [1.29, 1.82) is 0 Å². The highest BCUT2D eigenvalue weighted by atomic mass is 15.1. The standard InChI is InChI=1S/C14H16N2/c1-10-5-3-6-11-12(9-15-14(10)11)13-7-4-8-16(13)2/h3,5-6,9H,4,7-8H2,1-2H3/b13-12+. The first-order chi connectivity index (χ1) is 7.77. The molecule has 1 aromatic carbocycles. The fraction of sp³-hybridized carbons (Fsp3) is 0.357. The zero-order valence-corrected chi connectivity index (χ0v) is 9.83. The van der Waals surface area contributed by atoms with Crippen LogP contribution in [0, 0.1) is 6.92 Å². The summed E-state index contributed by atoms with van der Waals surface area (Å²) in [4.78, 5) is 6.91. The van der Waals surface area contributed by atoms with Gasteiger partial charge in [-0.05, 0) is 25.3 Å². The smallest absolute Gasteiger partial charge is 0.0738 e. The average Bonchev–Trinajstić information content (AvgIpc) is 2.84. The number of hydrogen-bond donors (Lipinski definition) is 0. The molecule has 3 rings (SSSR count). The number of rotatable bonds is 0. The highest BCUT2D eigenvalue weighted by Crippen LogP contribution is 2.38. The number of para-hydroxylation sites is 1. The van der Waals surface area contributed by atoms with Crippen LogP contribution >= 0.6 is 0 Å². The average molecular weight is 212 g/mol. The maximum absolute atomic E-state index is 4.55. The van der Waals surface area contributed by atoms with Crippen LogP contribution in [0.5, 0.6) is 0 Å². The number of nitrogens with zero attached hydrogens (tertiary/aromatic N) is 2. The van der Waals surface area contributed by atoms with E-state index in [1.54, 1.807) is 0 Å². The Balaban J connectivity index is 2.17. The molecule has 0 spiro atoms. The predicted molar refractivity (Wildman–Crippen MR) is 68.1 cm³/mol. The molecular formula is C14H16N2. The van der Waals surface area contributed by atoms with Crippen molar-refractivity contribution in [2.75, 3.05) is 13.6 Å². The first-order valence-electron chi connectivity index (χ1n) is 5.86. The molecule has 0 amide bonds. The molecule has 0 unspecified atom stereocenters. The molecule has 0 bridgehead atoms. The molecular weight excluding hydrogens is 196 g/mol. The Labute approximate surface area is 96.3 Å². The van der Waals surface area contributed by atoms with E-state index in [1.165, 1.54) is 41.8 Å². The van der Waals surface area contributed by atoms with Crippen LogP contribution in [0.25, 0.3) is 5.57 Å². The van der Waals surface area contributed by atoms with Crippen LogP contribution in [0.2, 0.25) is 0 Å². The van der Waals surface area contributed by atoms with Crippen molar-refractivity contribution in [1.82, 2.24) is 4.90 Å². The first-order valence-corrected chi connectivity index (χ1v) is 5.86. The van der Waals surface area contributed by atoms with Gasteiger partial charge in [-0.1, -0.05) is 18.2 Å². The topological polar surface area (TPSA) is 15.6 Å². The fourth-order valence-electron chi connectivity index (χ4n) is 2.63. The van der Waals surface area contributed by atoms with E-state index in [0.717, 1.165) is 5.69 Å². The van der Waals surface area contributed by atoms with Gasteiger partial charge in [0, 0.05) is 36.6 Å². The summed E-state index contributed by atoms with van der Waals surface area (Å²) in [5, 5.41) is 0. The van der Waals surface area contributed by atoms with E-state index in [-0.39, 0.29) is 0 Å². The zero-order chi connectivity index (χ0) is 11.1. The summed E-state index contributed by atoms with van der Waals surface area (Å²) in [5.74, 6) is 0. The molecule has 1 aromatic rings. The van der Waals surface area contributed by atoms with Crippen LogP contribution in [0.1, 0.15) is 24.0 Å². The van der Waals surface area contributed by atoms with Crippen molar-refractivity contribution in [3.8, 4) is 0 Å². The van der Waals surface area contributed by atoms with Gasteiger partial charge in [-0.15, -0.1) is 0 Å². The lowest BCUT2D eigenvalue weighted by Gasteiger charge is -2.15. The molecule has 2 aliphatic heterocycles. The second-order valence-corrected chi connectivity index (χ2v) is 4.61. The number of fused-ring (bicyclic) bond motifs is 1. The van der Waals surface area contributed by atoms with E-state index in [1.807, 2.05) is 6.21 Å². The lowest BCUT2D eigenvalue weighted by atomic mass is 10.0. The number of allylic oxidation sites excluding steroid dienone is 2. The Hall–Kier alpha value is -1.57. The Morgan fingerprint density at radius 2 is 2.19 bits per heavy atom. The van der Waals surface area contributed by atoms with Crippen molar-refractivity contribution in [2.24, 2.45) is 4.99 Å². The van der Waals surface area contributed by atoms with E-state index in [2.05, 4.69) is 42.1 Å². The Bertz CT molecular complexity index is 497. The summed E-state index contributed by atoms with van der Waals surface area (Å²) in [6.45, 7) is 3.30. The second kappa shape index (κ2) is 3.48. The minimum atomic E-state index is 1.16. The lowest BCUT2D eigenvalue weighted by molar-refractivity contribution is 0.484. The molecule has 1 saturated heterocycles. The molecule has 2 aliphatic rings. The largest absolute Gasteiger partial charge is 0.377 e. The number of aliphatic imine (C=N–C) groups is 1. The normalized spacial score (nSPS) is 23.0. The van der Waals surface area contributed by atoms with Gasteiger partial charge in [0.05, 0.1) is 5.69 Å². The summed E-state index contributed by atoms with van der Waals surface area (Å²) in [5.41, 5.74) is 6.52. The first kappa shape index (κ1) is 9.64. The van der Waals surface area contributed by atoms with Gasteiger partial charge >= 0.3 is 0 Å². The lowest BCUT2D eigenvalue weighted by Crippen LogP contribution is -2.11. The van der Waals surface area contributed by atoms with Gasteiger partial charge in [-0.2, -0.15) is 0 Å². The van der Waals surface area contributed by atoms with Gasteiger partial charge in [0.1, 0.15) is 0 Å². The van der Waals surface area contributed by atoms with E-state index >= 15 is 0 Å². The van der Waals surface area contributed by atoms with Crippen molar-refractivity contribution in [3.63, 3.8) is 0 Å². The highest BCUT2D eigenvalue weighted by Gasteiger charge is 2.22. The maximum atomic E-state index is 4.55. The molecule has 0 aromatic heterocycles. The van der Waals surface area contributed by atoms with Gasteiger partial charge in [0.25, 0.3) is 0 Å². The summed E-state index contributed by atoms with van der Waals surface area (Å²) in [6, 6.07) is 6.43. The minimum absolute atomic E-state index is 1.16. The fourth-order valence-corrected chi connectivity index (χ4v) is 2.63. The second-order valence-electron chi connectivity index (χ2n) is 4.61. The van der Waals surface area contributed by atoms with Crippen molar-refractivity contribution in [2.45, 2.75) is 19.8 Å². The van der Waals surface area contributed by atoms with Gasteiger partial charge in [0.15, 0.2) is 0 Å². The van der Waals surface area contributed by atoms with Gasteiger partial charge in [0.2, 0.25) is 0 Å². The molecule has 2 nitrogen and oxygen atoms in total. The van der Waals surface area contributed by atoms with Crippen LogP contribution in [0.3, 0.4) is 0 Å². The number of benzene rings is 1. The third-order valence-corrected chi connectivity index (χ3v) is 3.53. The SMILES string of the molecule is Cc1cccc2c1N=C/C2=C1/CCCN1C. The summed E-state index contributed by atoms with van der Waals surface area (Å²) in [7, 11) is 2.18. The van der Waals surface area contributed by atoms with E-state index in [4.69, 9.17) is 0 Å². The van der Waals surface area contributed by atoms with E-state index < -0.39 is 0 Å². The van der Waals surface area contributed by atoms with Crippen molar-refractivity contribution in [3.05, 3.63) is 35.0 Å². The van der Waals surface area contributed by atoms with Gasteiger partial charge in [-0.3, -0.25) is 4.99 Å². The number of likely N-dealkylation sites (tertiary alicyclic amines) is 1. The molecule has 0 saturated carbocycles. The highest BCUT2D eigenvalue weighted by molar-refractivity contribution is 6.17. The molecule has 1 fully saturated rings. The third kappa shape index (κ3) is 1.29. The molecule has 82 valence electrons. The monoisotopic (exact) mass is 212 g/mol. The van der Waals surface area contributed by atoms with Crippen LogP contribution in [0.15, 0.2) is 28.9 Å². The molecule has 0 radical (unpaired) electrons. The predicted octanol–water partition coefficient (Wildman–Crippen LogP) is 3.15. The van der Waals surface area contributed by atoms with Crippen LogP contribution in [-0.4, -0.2) is 24.7 Å². The van der Waals surface area contributed by atoms with Crippen LogP contribution in [-0.2, 0) is 0 Å². The summed E-state index contributed by atoms with van der Waals surface area (Å²) >= 11 is 0. The molecule has 16 heavy (non-hydrogen) atoms. The summed E-state index contributed by atoms with van der Waals surface area (Å²) < 4.78 is 0. The Morgan fingerprint density at radius 3 is 2.94 bits per heavy atom. The molecule has 0 aliphatic carbocycles. The van der Waals surface area contributed by atoms with Gasteiger partial charge in [-0.25, -0.2) is 0 Å². The number of hydrogen-bond acceptors (Lipinski definition) is 2. The molecule has 2 heteroatoms. The summed E-state index contributed by atoms with van der Waals surface area (Å²) in [6.07, 6.45) is 4.49. The van der Waals surface area contributed by atoms with Crippen molar-refractivity contribution < 1.29 is 0 Å². The quantitative estimate of drug-likeness (QED) is 0.645.